The number of benzene rings is 2. The lowest BCUT2D eigenvalue weighted by atomic mass is 10.0. The minimum atomic E-state index is -0.505. The van der Waals surface area contributed by atoms with Crippen molar-refractivity contribution >= 4 is 23.3 Å². The number of hydrogen-bond donors (Lipinski definition) is 2. The maximum Gasteiger partial charge on any atom is 0.338 e. The van der Waals surface area contributed by atoms with Crippen LogP contribution in [0.3, 0.4) is 0 Å². The number of carbonyl (C=O) groups excluding carboxylic acids is 2. The Morgan fingerprint density at radius 3 is 1.26 bits per heavy atom. The molecule has 0 bridgehead atoms. The predicted octanol–water partition coefficient (Wildman–Crippen LogP) is 6.74. The van der Waals surface area contributed by atoms with Gasteiger partial charge in [0.25, 0.3) is 0 Å². The van der Waals surface area contributed by atoms with Gasteiger partial charge in [0.1, 0.15) is 0 Å². The summed E-state index contributed by atoms with van der Waals surface area (Å²) < 4.78 is 11.2. The van der Waals surface area contributed by atoms with E-state index < -0.39 is 11.9 Å². The molecule has 34 heavy (non-hydrogen) atoms. The molecule has 0 saturated carbocycles. The molecule has 0 fully saturated rings. The Labute approximate surface area is 203 Å². The van der Waals surface area contributed by atoms with Gasteiger partial charge in [-0.2, -0.15) is 0 Å². The number of anilines is 2. The number of ether oxygens (including phenoxy) is 2. The van der Waals surface area contributed by atoms with Gasteiger partial charge in [-0.05, 0) is 90.8 Å². The Bertz CT molecular complexity index is 1030. The summed E-state index contributed by atoms with van der Waals surface area (Å²) in [5.41, 5.74) is 3.08. The van der Waals surface area contributed by atoms with Gasteiger partial charge < -0.3 is 20.1 Å². The van der Waals surface area contributed by atoms with E-state index in [1.807, 2.05) is 65.8 Å². The molecular weight excluding hydrogens is 428 g/mol. The van der Waals surface area contributed by atoms with Gasteiger partial charge in [0, 0.05) is 22.2 Å². The smallest absolute Gasteiger partial charge is 0.338 e. The van der Waals surface area contributed by atoms with Crippen LogP contribution in [0.4, 0.5) is 11.4 Å². The van der Waals surface area contributed by atoms with Crippen LogP contribution in [0.1, 0.15) is 55.4 Å². The Hall–Kier alpha value is -3.54. The fraction of sp³-hybridized carbons (Fsp3) is 0.357. The second-order valence-electron chi connectivity index (χ2n) is 10.5. The molecule has 0 aliphatic heterocycles. The van der Waals surface area contributed by atoms with Crippen LogP contribution in [0.25, 0.3) is 11.1 Å². The summed E-state index contributed by atoms with van der Waals surface area (Å²) >= 11 is 0. The number of nitrogens with one attached hydrogen (secondary N) is 2. The van der Waals surface area contributed by atoms with Crippen molar-refractivity contribution in [2.45, 2.75) is 66.5 Å². The topological polar surface area (TPSA) is 76.7 Å². The summed E-state index contributed by atoms with van der Waals surface area (Å²) in [4.78, 5) is 24.5. The molecule has 2 aromatic rings. The van der Waals surface area contributed by atoms with Crippen LogP contribution >= 0.6 is 0 Å². The zero-order valence-corrected chi connectivity index (χ0v) is 21.5. The van der Waals surface area contributed by atoms with Gasteiger partial charge in [0.15, 0.2) is 11.5 Å². The van der Waals surface area contributed by atoms with E-state index in [-0.39, 0.29) is 11.1 Å². The molecule has 0 aromatic heterocycles. The van der Waals surface area contributed by atoms with Crippen LogP contribution in [-0.4, -0.2) is 23.0 Å². The van der Waals surface area contributed by atoms with E-state index in [1.54, 1.807) is 26.0 Å². The summed E-state index contributed by atoms with van der Waals surface area (Å²) in [6.45, 7) is 22.7. The van der Waals surface area contributed by atoms with Crippen LogP contribution in [0.2, 0.25) is 0 Å². The zero-order chi connectivity index (χ0) is 25.8. The molecule has 2 rings (SSSR count). The molecule has 182 valence electrons. The molecule has 2 N–H and O–H groups in total. The molecule has 0 amide bonds. The molecule has 2 aromatic carbocycles. The first kappa shape index (κ1) is 26.7. The summed E-state index contributed by atoms with van der Waals surface area (Å²) in [6, 6.07) is 11.1. The van der Waals surface area contributed by atoms with E-state index in [1.165, 1.54) is 0 Å². The lowest BCUT2D eigenvalue weighted by Crippen LogP contribution is -2.26. The Kier molecular flexibility index (Phi) is 7.98. The van der Waals surface area contributed by atoms with Gasteiger partial charge in [0.2, 0.25) is 0 Å². The monoisotopic (exact) mass is 464 g/mol. The van der Waals surface area contributed by atoms with E-state index in [0.29, 0.717) is 34.0 Å². The Morgan fingerprint density at radius 2 is 1.00 bits per heavy atom. The average Bonchev–Trinajstić information content (AvgIpc) is 2.68. The van der Waals surface area contributed by atoms with Gasteiger partial charge in [-0.15, -0.1) is 0 Å². The lowest BCUT2D eigenvalue weighted by Gasteiger charge is -2.25. The fourth-order valence-electron chi connectivity index (χ4n) is 2.96. The third-order valence-electron chi connectivity index (χ3n) is 4.42. The molecule has 0 heterocycles. The van der Waals surface area contributed by atoms with E-state index in [9.17, 15) is 9.59 Å². The van der Waals surface area contributed by atoms with Crippen molar-refractivity contribution in [3.63, 3.8) is 0 Å². The third-order valence-corrected chi connectivity index (χ3v) is 4.42. The first-order valence-corrected chi connectivity index (χ1v) is 11.2. The normalized spacial score (nSPS) is 11.4. The average molecular weight is 465 g/mol. The molecule has 0 saturated heterocycles. The number of esters is 2. The van der Waals surface area contributed by atoms with Crippen molar-refractivity contribution < 1.29 is 19.1 Å². The van der Waals surface area contributed by atoms with Crippen LogP contribution in [0, 0.1) is 0 Å². The first-order chi connectivity index (χ1) is 15.6. The number of rotatable bonds is 7. The fourth-order valence-corrected chi connectivity index (χ4v) is 2.96. The SMILES string of the molecule is C=C(C)C(=O)Oc1cc(-c2ccc(NC(C)(C)C)c(OC(=O)C(=C)C)c2)ccc1NC(C)(C)C. The minimum Gasteiger partial charge on any atom is -0.421 e. The molecule has 6 nitrogen and oxygen atoms in total. The van der Waals surface area contributed by atoms with Crippen LogP contribution in [0.5, 0.6) is 11.5 Å². The van der Waals surface area contributed by atoms with Gasteiger partial charge in [-0.3, -0.25) is 0 Å². The van der Waals surface area contributed by atoms with Crippen molar-refractivity contribution in [1.29, 1.82) is 0 Å². The highest BCUT2D eigenvalue weighted by Crippen LogP contribution is 2.37. The third kappa shape index (κ3) is 7.80. The van der Waals surface area contributed by atoms with Crippen molar-refractivity contribution in [2.75, 3.05) is 10.6 Å². The maximum absolute atomic E-state index is 12.3. The van der Waals surface area contributed by atoms with E-state index >= 15 is 0 Å². The number of carbonyl (C=O) groups is 2. The van der Waals surface area contributed by atoms with Crippen LogP contribution in [-0.2, 0) is 9.59 Å². The summed E-state index contributed by atoms with van der Waals surface area (Å²) in [6.07, 6.45) is 0. The standard InChI is InChI=1S/C28H36N2O4/c1-17(2)25(31)33-23-15-19(11-13-21(23)29-27(5,6)7)20-12-14-22(30-28(8,9)10)24(16-20)34-26(32)18(3)4/h11-16,29-30H,1,3H2,2,4-10H3. The second-order valence-corrected chi connectivity index (χ2v) is 10.5. The molecule has 0 unspecified atom stereocenters. The zero-order valence-electron chi connectivity index (χ0n) is 21.5. The van der Waals surface area contributed by atoms with Crippen molar-refractivity contribution in [3.05, 3.63) is 60.7 Å². The second kappa shape index (κ2) is 10.2. The van der Waals surface area contributed by atoms with Gasteiger partial charge in [-0.25, -0.2) is 9.59 Å². The molecule has 0 atom stereocenters. The highest BCUT2D eigenvalue weighted by Gasteiger charge is 2.19. The molecular formula is C28H36N2O4. The maximum atomic E-state index is 12.3. The van der Waals surface area contributed by atoms with Gasteiger partial charge >= 0.3 is 11.9 Å². The van der Waals surface area contributed by atoms with Gasteiger partial charge in [-0.1, -0.05) is 25.3 Å². The van der Waals surface area contributed by atoms with E-state index in [2.05, 4.69) is 23.8 Å². The first-order valence-electron chi connectivity index (χ1n) is 11.2. The van der Waals surface area contributed by atoms with Crippen LogP contribution in [0.15, 0.2) is 60.7 Å². The highest BCUT2D eigenvalue weighted by molar-refractivity contribution is 5.91. The molecule has 0 radical (unpaired) electrons. The predicted molar refractivity (Wildman–Crippen MR) is 140 cm³/mol. The van der Waals surface area contributed by atoms with E-state index in [4.69, 9.17) is 9.47 Å². The van der Waals surface area contributed by atoms with Gasteiger partial charge in [0.05, 0.1) is 11.4 Å². The Balaban J connectivity index is 2.57. The lowest BCUT2D eigenvalue weighted by molar-refractivity contribution is -0.130. The van der Waals surface area contributed by atoms with Crippen molar-refractivity contribution in [1.82, 2.24) is 0 Å². The molecule has 0 aliphatic carbocycles. The van der Waals surface area contributed by atoms with Crippen molar-refractivity contribution in [2.24, 2.45) is 0 Å². The van der Waals surface area contributed by atoms with Crippen molar-refractivity contribution in [3.8, 4) is 22.6 Å². The highest BCUT2D eigenvalue weighted by atomic mass is 16.5. The summed E-state index contributed by atoms with van der Waals surface area (Å²) in [7, 11) is 0. The Morgan fingerprint density at radius 1 is 0.676 bits per heavy atom. The summed E-state index contributed by atoms with van der Waals surface area (Å²) in [5, 5.41) is 6.72. The summed E-state index contributed by atoms with van der Waals surface area (Å²) in [5.74, 6) is -0.236. The van der Waals surface area contributed by atoms with Crippen LogP contribution < -0.4 is 20.1 Å². The molecule has 6 heteroatoms. The minimum absolute atomic E-state index is 0.240. The molecule has 0 spiro atoms. The molecule has 0 aliphatic rings. The largest absolute Gasteiger partial charge is 0.421 e. The van der Waals surface area contributed by atoms with E-state index in [0.717, 1.165) is 11.1 Å². The number of hydrogen-bond acceptors (Lipinski definition) is 6. The quantitative estimate of drug-likeness (QED) is 0.268.